The molecule has 1 aliphatic rings. The van der Waals surface area contributed by atoms with Gasteiger partial charge in [-0.25, -0.2) is 5.90 Å². The number of hydrogen-bond acceptors (Lipinski definition) is 4. The normalized spacial score (nSPS) is 20.5. The van der Waals surface area contributed by atoms with Crippen LogP contribution in [0.2, 0.25) is 0 Å². The second-order valence-corrected chi connectivity index (χ2v) is 5.62. The lowest BCUT2D eigenvalue weighted by atomic mass is 9.82. The summed E-state index contributed by atoms with van der Waals surface area (Å²) >= 11 is 0. The Hall–Kier alpha value is -0.610. The van der Waals surface area contributed by atoms with Crippen molar-refractivity contribution in [2.24, 2.45) is 5.90 Å². The molecular weight excluding hydrogens is 206 g/mol. The smallest absolute Gasteiger partial charge is 0.309 e. The predicted octanol–water partition coefficient (Wildman–Crippen LogP) is 2.31. The zero-order valence-corrected chi connectivity index (χ0v) is 10.5. The average molecular weight is 229 g/mol. The summed E-state index contributed by atoms with van der Waals surface area (Å²) in [7, 11) is 0. The molecule has 0 aromatic rings. The summed E-state index contributed by atoms with van der Waals surface area (Å²) in [5.74, 6) is 5.12. The minimum Gasteiger partial charge on any atom is -0.460 e. The van der Waals surface area contributed by atoms with Crippen LogP contribution in [-0.4, -0.2) is 17.2 Å². The molecule has 0 aromatic carbocycles. The van der Waals surface area contributed by atoms with Crippen molar-refractivity contribution < 1.29 is 14.4 Å². The summed E-state index contributed by atoms with van der Waals surface area (Å²) in [6.07, 6.45) is 5.30. The molecule has 0 unspecified atom stereocenters. The molecule has 4 heteroatoms. The van der Waals surface area contributed by atoms with E-state index < -0.39 is 11.2 Å². The Morgan fingerprint density at radius 2 is 1.81 bits per heavy atom. The molecule has 0 atom stereocenters. The van der Waals surface area contributed by atoms with Gasteiger partial charge in [0.15, 0.2) is 0 Å². The third-order valence-electron chi connectivity index (χ3n) is 2.90. The van der Waals surface area contributed by atoms with Crippen molar-refractivity contribution in [3.05, 3.63) is 0 Å². The van der Waals surface area contributed by atoms with Gasteiger partial charge in [0.2, 0.25) is 0 Å². The largest absolute Gasteiger partial charge is 0.460 e. The molecule has 1 aliphatic carbocycles. The van der Waals surface area contributed by atoms with Gasteiger partial charge >= 0.3 is 5.97 Å². The Kier molecular flexibility index (Phi) is 4.33. The summed E-state index contributed by atoms with van der Waals surface area (Å²) in [6, 6.07) is 0. The number of carbonyl (C=O) groups excluding carboxylic acids is 1. The van der Waals surface area contributed by atoms with Crippen molar-refractivity contribution in [2.75, 3.05) is 0 Å². The van der Waals surface area contributed by atoms with E-state index in [1.165, 1.54) is 6.42 Å². The van der Waals surface area contributed by atoms with Crippen LogP contribution in [0.1, 0.15) is 59.3 Å². The van der Waals surface area contributed by atoms with Crippen molar-refractivity contribution in [3.8, 4) is 0 Å². The Bertz CT molecular complexity index is 239. The molecule has 0 saturated heterocycles. The van der Waals surface area contributed by atoms with E-state index in [-0.39, 0.29) is 12.4 Å². The quantitative estimate of drug-likeness (QED) is 0.596. The molecule has 1 fully saturated rings. The minimum atomic E-state index is -0.486. The first-order chi connectivity index (χ1) is 7.37. The van der Waals surface area contributed by atoms with Crippen LogP contribution in [0.5, 0.6) is 0 Å². The molecule has 0 heterocycles. The third-order valence-corrected chi connectivity index (χ3v) is 2.90. The van der Waals surface area contributed by atoms with E-state index >= 15 is 0 Å². The maximum atomic E-state index is 11.7. The van der Waals surface area contributed by atoms with Crippen LogP contribution in [0.4, 0.5) is 0 Å². The van der Waals surface area contributed by atoms with Gasteiger partial charge in [0, 0.05) is 0 Å². The predicted molar refractivity (Wildman–Crippen MR) is 61.6 cm³/mol. The Labute approximate surface area is 97.4 Å². The number of carbonyl (C=O) groups is 1. The second kappa shape index (κ2) is 5.15. The summed E-state index contributed by atoms with van der Waals surface area (Å²) in [5.41, 5.74) is -0.928. The van der Waals surface area contributed by atoms with E-state index in [4.69, 9.17) is 15.5 Å². The van der Waals surface area contributed by atoms with Crippen molar-refractivity contribution in [1.29, 1.82) is 0 Å². The maximum Gasteiger partial charge on any atom is 0.309 e. The van der Waals surface area contributed by atoms with E-state index in [9.17, 15) is 4.79 Å². The molecule has 2 N–H and O–H groups in total. The molecule has 0 amide bonds. The summed E-state index contributed by atoms with van der Waals surface area (Å²) in [4.78, 5) is 16.8. The summed E-state index contributed by atoms with van der Waals surface area (Å²) in [5, 5.41) is 0. The molecule has 94 valence electrons. The molecule has 0 aromatic heterocycles. The van der Waals surface area contributed by atoms with E-state index in [2.05, 4.69) is 0 Å². The van der Waals surface area contributed by atoms with Gasteiger partial charge in [-0.3, -0.25) is 9.63 Å². The SMILES string of the molecule is CC(C)(C)OC(=O)CC1(ON)CCCCC1. The maximum absolute atomic E-state index is 11.7. The van der Waals surface area contributed by atoms with Gasteiger partial charge in [-0.1, -0.05) is 19.3 Å². The van der Waals surface area contributed by atoms with Crippen molar-refractivity contribution in [3.63, 3.8) is 0 Å². The lowest BCUT2D eigenvalue weighted by molar-refractivity contribution is -0.166. The number of rotatable bonds is 3. The van der Waals surface area contributed by atoms with Crippen LogP contribution in [0.15, 0.2) is 0 Å². The van der Waals surface area contributed by atoms with Gasteiger partial charge < -0.3 is 4.74 Å². The lowest BCUT2D eigenvalue weighted by Crippen LogP contribution is -2.41. The van der Waals surface area contributed by atoms with Gasteiger partial charge in [-0.2, -0.15) is 0 Å². The van der Waals surface area contributed by atoms with Gasteiger partial charge in [-0.15, -0.1) is 0 Å². The van der Waals surface area contributed by atoms with Crippen LogP contribution >= 0.6 is 0 Å². The van der Waals surface area contributed by atoms with Crippen LogP contribution in [-0.2, 0) is 14.4 Å². The third kappa shape index (κ3) is 4.10. The molecule has 0 bridgehead atoms. The molecule has 0 spiro atoms. The number of ether oxygens (including phenoxy) is 1. The highest BCUT2D eigenvalue weighted by atomic mass is 16.6. The standard InChI is InChI=1S/C12H23NO3/c1-11(2,3)15-10(14)9-12(16-13)7-5-4-6-8-12/h4-9,13H2,1-3H3. The Morgan fingerprint density at radius 1 is 1.25 bits per heavy atom. The molecule has 16 heavy (non-hydrogen) atoms. The van der Waals surface area contributed by atoms with E-state index in [1.54, 1.807) is 0 Å². The lowest BCUT2D eigenvalue weighted by Gasteiger charge is -2.34. The van der Waals surface area contributed by atoms with Crippen LogP contribution < -0.4 is 5.90 Å². The molecule has 0 radical (unpaired) electrons. The van der Waals surface area contributed by atoms with E-state index in [1.807, 2.05) is 20.8 Å². The highest BCUT2D eigenvalue weighted by Crippen LogP contribution is 2.33. The number of esters is 1. The molecule has 0 aliphatic heterocycles. The highest BCUT2D eigenvalue weighted by Gasteiger charge is 2.36. The van der Waals surface area contributed by atoms with Crippen molar-refractivity contribution in [2.45, 2.75) is 70.5 Å². The van der Waals surface area contributed by atoms with Gasteiger partial charge in [-0.05, 0) is 33.6 Å². The first-order valence-corrected chi connectivity index (χ1v) is 5.97. The fraction of sp³-hybridized carbons (Fsp3) is 0.917. The first kappa shape index (κ1) is 13.5. The van der Waals surface area contributed by atoms with Crippen LogP contribution in [0.25, 0.3) is 0 Å². The highest BCUT2D eigenvalue weighted by molar-refractivity contribution is 5.71. The van der Waals surface area contributed by atoms with Crippen LogP contribution in [0, 0.1) is 0 Å². The topological polar surface area (TPSA) is 61.5 Å². The zero-order chi connectivity index (χ0) is 12.2. The Balaban J connectivity index is 2.52. The van der Waals surface area contributed by atoms with Gasteiger partial charge in [0.1, 0.15) is 5.60 Å². The fourth-order valence-corrected chi connectivity index (χ4v) is 2.17. The summed E-state index contributed by atoms with van der Waals surface area (Å²) < 4.78 is 5.29. The van der Waals surface area contributed by atoms with Gasteiger partial charge in [0.05, 0.1) is 12.0 Å². The number of nitrogens with two attached hydrogens (primary N) is 1. The molecule has 4 nitrogen and oxygen atoms in total. The minimum absolute atomic E-state index is 0.222. The van der Waals surface area contributed by atoms with Gasteiger partial charge in [0.25, 0.3) is 0 Å². The molecule has 1 saturated carbocycles. The zero-order valence-electron chi connectivity index (χ0n) is 10.5. The van der Waals surface area contributed by atoms with E-state index in [0.29, 0.717) is 0 Å². The van der Waals surface area contributed by atoms with Crippen LogP contribution in [0.3, 0.4) is 0 Å². The van der Waals surface area contributed by atoms with Crippen molar-refractivity contribution in [1.82, 2.24) is 0 Å². The first-order valence-electron chi connectivity index (χ1n) is 5.97. The summed E-state index contributed by atoms with van der Waals surface area (Å²) in [6.45, 7) is 5.59. The fourth-order valence-electron chi connectivity index (χ4n) is 2.17. The van der Waals surface area contributed by atoms with E-state index in [0.717, 1.165) is 25.7 Å². The monoisotopic (exact) mass is 229 g/mol. The number of hydrogen-bond donors (Lipinski definition) is 1. The van der Waals surface area contributed by atoms with Crippen molar-refractivity contribution >= 4 is 5.97 Å². The Morgan fingerprint density at radius 3 is 2.25 bits per heavy atom. The molecular formula is C12H23NO3. The molecule has 1 rings (SSSR count). The second-order valence-electron chi connectivity index (χ2n) is 5.62. The average Bonchev–Trinajstić information content (AvgIpc) is 2.16.